The number of fused-ring (bicyclic) bond motifs is 1. The molecule has 3 heterocycles. The van der Waals surface area contributed by atoms with Crippen molar-refractivity contribution in [3.8, 4) is 5.75 Å². The van der Waals surface area contributed by atoms with Crippen LogP contribution >= 0.6 is 22.9 Å². The van der Waals surface area contributed by atoms with E-state index < -0.39 is 69.0 Å². The molecule has 1 fully saturated rings. The monoisotopic (exact) mass is 795 g/mol. The second-order valence-electron chi connectivity index (χ2n) is 13.3. The van der Waals surface area contributed by atoms with Gasteiger partial charge in [0.1, 0.15) is 40.8 Å². The fourth-order valence-electron chi connectivity index (χ4n) is 4.81. The molecule has 2 aromatic rings. The summed E-state index contributed by atoms with van der Waals surface area (Å²) in [4.78, 5) is 76.7. The van der Waals surface area contributed by atoms with Crippen LogP contribution in [0.5, 0.6) is 5.75 Å². The number of carbonyl (C=O) groups is 5. The molecular formula is C34H42ClN5O11S2. The number of methoxy groups -OCH3 is 1. The van der Waals surface area contributed by atoms with E-state index in [9.17, 15) is 28.2 Å². The van der Waals surface area contributed by atoms with E-state index in [4.69, 9.17) is 35.4 Å². The molecule has 0 radical (unpaired) electrons. The minimum absolute atomic E-state index is 0.0452. The van der Waals surface area contributed by atoms with Gasteiger partial charge < -0.3 is 29.1 Å². The van der Waals surface area contributed by atoms with Crippen molar-refractivity contribution in [2.24, 2.45) is 5.16 Å². The Balaban J connectivity index is 1.56. The number of carbonyl (C=O) groups excluding carboxylic acids is 5. The third kappa shape index (κ3) is 10.3. The second-order valence-corrected chi connectivity index (χ2v) is 15.9. The summed E-state index contributed by atoms with van der Waals surface area (Å²) in [7, 11) is -0.261. The number of amides is 3. The molecule has 1 aromatic carbocycles. The minimum atomic E-state index is -1.78. The molecule has 16 nitrogen and oxygen atoms in total. The van der Waals surface area contributed by atoms with Gasteiger partial charge in [-0.25, -0.2) is 19.4 Å². The summed E-state index contributed by atoms with van der Waals surface area (Å²) in [5.41, 5.74) is -2.25. The highest BCUT2D eigenvalue weighted by molar-refractivity contribution is 7.86. The Morgan fingerprint density at radius 1 is 1.11 bits per heavy atom. The highest BCUT2D eigenvalue weighted by Gasteiger charge is 2.57. The lowest BCUT2D eigenvalue weighted by Crippen LogP contribution is -2.74. The summed E-state index contributed by atoms with van der Waals surface area (Å²) < 4.78 is 34.6. The average Bonchev–Trinajstić information content (AvgIpc) is 3.55. The van der Waals surface area contributed by atoms with E-state index in [2.05, 4.69) is 20.8 Å². The van der Waals surface area contributed by atoms with Gasteiger partial charge in [0.05, 0.1) is 30.3 Å². The lowest BCUT2D eigenvalue weighted by atomic mass is 10.0. The molecule has 1 aromatic heterocycles. The van der Waals surface area contributed by atoms with Gasteiger partial charge in [0, 0.05) is 11.3 Å². The number of hydrogen-bond donors (Lipinski definition) is 2. The number of esters is 2. The molecular weight excluding hydrogens is 754 g/mol. The fourth-order valence-corrected chi connectivity index (χ4v) is 7.51. The third-order valence-corrected chi connectivity index (χ3v) is 10.3. The lowest BCUT2D eigenvalue weighted by molar-refractivity contribution is -0.168. The van der Waals surface area contributed by atoms with E-state index in [0.29, 0.717) is 17.7 Å². The molecule has 1 unspecified atom stereocenters. The Morgan fingerprint density at radius 2 is 1.81 bits per heavy atom. The molecule has 0 aliphatic carbocycles. The normalized spacial score (nSPS) is 18.7. The Labute approximate surface area is 318 Å². The number of thiazole rings is 1. The van der Waals surface area contributed by atoms with E-state index in [1.807, 2.05) is 6.92 Å². The van der Waals surface area contributed by atoms with Gasteiger partial charge in [-0.2, -0.15) is 0 Å². The second kappa shape index (κ2) is 17.5. The average molecular weight is 796 g/mol. The number of hydrogen-bond acceptors (Lipinski definition) is 14. The van der Waals surface area contributed by atoms with Crippen LogP contribution in [0.3, 0.4) is 0 Å². The van der Waals surface area contributed by atoms with Crippen molar-refractivity contribution in [2.75, 3.05) is 30.7 Å². The number of halogens is 1. The first-order valence-electron chi connectivity index (χ1n) is 16.5. The van der Waals surface area contributed by atoms with Crippen LogP contribution in [0.4, 0.5) is 9.93 Å². The number of oxime groups is 1. The molecule has 19 heteroatoms. The zero-order valence-corrected chi connectivity index (χ0v) is 32.7. The lowest BCUT2D eigenvalue weighted by Gasteiger charge is -2.49. The largest absolute Gasteiger partial charge is 0.497 e. The third-order valence-electron chi connectivity index (χ3n) is 7.53. The van der Waals surface area contributed by atoms with Crippen LogP contribution in [0.25, 0.3) is 0 Å². The molecule has 0 bridgehead atoms. The zero-order chi connectivity index (χ0) is 39.1. The number of unbranched alkanes of at least 4 members (excludes halogenated alkanes) is 1. The van der Waals surface area contributed by atoms with Crippen LogP contribution < -0.4 is 15.4 Å². The van der Waals surface area contributed by atoms with Crippen LogP contribution in [0.1, 0.15) is 65.6 Å². The number of anilines is 1. The summed E-state index contributed by atoms with van der Waals surface area (Å²) >= 11 is 7.06. The summed E-state index contributed by atoms with van der Waals surface area (Å²) in [6, 6.07) is 5.46. The van der Waals surface area contributed by atoms with Crippen LogP contribution in [0, 0.1) is 0 Å². The molecule has 4 rings (SSSR count). The summed E-state index contributed by atoms with van der Waals surface area (Å²) in [6.07, 6.45) is 0.624. The van der Waals surface area contributed by atoms with Gasteiger partial charge in [-0.1, -0.05) is 30.6 Å². The van der Waals surface area contributed by atoms with Gasteiger partial charge in [0.15, 0.2) is 10.8 Å². The number of benzene rings is 1. The Bertz CT molecular complexity index is 1800. The number of β-lactam (4-membered cyclic amide) rings is 1. The predicted molar refractivity (Wildman–Crippen MR) is 196 cm³/mol. The molecule has 53 heavy (non-hydrogen) atoms. The highest BCUT2D eigenvalue weighted by Crippen LogP contribution is 2.36. The fraction of sp³-hybridized carbons (Fsp3) is 0.500. The van der Waals surface area contributed by atoms with Gasteiger partial charge in [-0.3, -0.25) is 24.0 Å². The summed E-state index contributed by atoms with van der Waals surface area (Å²) in [6.45, 7) is 9.80. The van der Waals surface area contributed by atoms with Crippen LogP contribution in [-0.2, 0) is 55.6 Å². The number of rotatable bonds is 15. The predicted octanol–water partition coefficient (Wildman–Crippen LogP) is 3.99. The van der Waals surface area contributed by atoms with E-state index in [1.165, 1.54) is 26.3 Å². The molecule has 0 spiro atoms. The summed E-state index contributed by atoms with van der Waals surface area (Å²) in [5, 5.41) is 9.25. The molecule has 2 aliphatic heterocycles. The first-order chi connectivity index (χ1) is 25.0. The molecule has 1 saturated heterocycles. The molecule has 288 valence electrons. The Hall–Kier alpha value is -4.55. The standard InChI is InChI=1S/C34H42ClN5O11S2/c1-8-9-14-48-30(44)34(5,6)51-39-23(22-17-52-31(36-22)38-32(45)50-33(2,3)4)26(41)37-24-27(42)40-25(20(15-35)18-53(46)28(24)40)29(43)49-16-19-10-12-21(47-7)13-11-19/h10-13,17,24,28H,8-9,14-16,18H2,1-7H3,(H,37,41)(H,36,38,45)/b39-23-/t24-,28-,53?/m1/s1. The number of nitrogens with zero attached hydrogens (tertiary/aromatic N) is 3. The van der Waals surface area contributed by atoms with Crippen molar-refractivity contribution in [3.05, 3.63) is 52.2 Å². The van der Waals surface area contributed by atoms with E-state index >= 15 is 0 Å². The minimum Gasteiger partial charge on any atom is -0.497 e. The smallest absolute Gasteiger partial charge is 0.413 e. The Morgan fingerprint density at radius 3 is 2.43 bits per heavy atom. The SMILES string of the molecule is CCCCOC(=O)C(C)(C)O/N=C(\C(=O)N[C@@H]1C(=O)N2C(C(=O)OCc3ccc(OC)cc3)=C(CCl)CS(=O)[C@H]12)c1csc(NC(=O)OC(C)(C)C)n1. The summed E-state index contributed by atoms with van der Waals surface area (Å²) in [5.74, 6) is -3.06. The van der Waals surface area contributed by atoms with Crippen LogP contribution in [-0.4, -0.2) is 97.6 Å². The van der Waals surface area contributed by atoms with Crippen molar-refractivity contribution >= 4 is 74.4 Å². The Kier molecular flexibility index (Phi) is 13.6. The van der Waals surface area contributed by atoms with E-state index in [0.717, 1.165) is 22.7 Å². The highest BCUT2D eigenvalue weighted by atomic mass is 35.5. The number of nitrogens with one attached hydrogen (secondary N) is 2. The maximum absolute atomic E-state index is 13.8. The van der Waals surface area contributed by atoms with Gasteiger partial charge >= 0.3 is 18.0 Å². The quantitative estimate of drug-likeness (QED) is 0.0500. The maximum Gasteiger partial charge on any atom is 0.413 e. The van der Waals surface area contributed by atoms with Crippen LogP contribution in [0.15, 0.2) is 46.1 Å². The van der Waals surface area contributed by atoms with E-state index in [-0.39, 0.29) is 46.9 Å². The van der Waals surface area contributed by atoms with Gasteiger partial charge in [0.2, 0.25) is 5.60 Å². The first-order valence-corrected chi connectivity index (χ1v) is 19.3. The first kappa shape index (κ1) is 41.2. The molecule has 3 atom stereocenters. The zero-order valence-electron chi connectivity index (χ0n) is 30.3. The van der Waals surface area contributed by atoms with Gasteiger partial charge in [0.25, 0.3) is 11.8 Å². The van der Waals surface area contributed by atoms with Gasteiger partial charge in [-0.15, -0.1) is 22.9 Å². The van der Waals surface area contributed by atoms with Crippen molar-refractivity contribution in [2.45, 2.75) is 83.6 Å². The van der Waals surface area contributed by atoms with Gasteiger partial charge in [-0.05, 0) is 64.3 Å². The molecule has 2 aliphatic rings. The topological polar surface area (TPSA) is 201 Å². The number of aromatic nitrogens is 1. The maximum atomic E-state index is 13.8. The molecule has 0 saturated carbocycles. The molecule has 2 N–H and O–H groups in total. The molecule has 3 amide bonds. The van der Waals surface area contributed by atoms with Crippen molar-refractivity contribution in [1.29, 1.82) is 0 Å². The number of ether oxygens (including phenoxy) is 4. The van der Waals surface area contributed by atoms with Crippen molar-refractivity contribution in [1.82, 2.24) is 15.2 Å². The van der Waals surface area contributed by atoms with Crippen molar-refractivity contribution < 1.29 is 52.0 Å². The van der Waals surface area contributed by atoms with Crippen LogP contribution in [0.2, 0.25) is 0 Å². The van der Waals surface area contributed by atoms with E-state index in [1.54, 1.807) is 45.0 Å². The number of alkyl halides is 1. The van der Waals surface area contributed by atoms with Crippen molar-refractivity contribution in [3.63, 3.8) is 0 Å².